The molecule has 0 bridgehead atoms. The van der Waals surface area contributed by atoms with Gasteiger partial charge in [-0.15, -0.1) is 0 Å². The van der Waals surface area contributed by atoms with Gasteiger partial charge >= 0.3 is 0 Å². The summed E-state index contributed by atoms with van der Waals surface area (Å²) >= 11 is 0. The molecular weight excluding hydrogens is 252 g/mol. The molecule has 0 saturated carbocycles. The van der Waals surface area contributed by atoms with Crippen LogP contribution in [-0.2, 0) is 4.79 Å². The van der Waals surface area contributed by atoms with E-state index in [1.54, 1.807) is 0 Å². The second-order valence-corrected chi connectivity index (χ2v) is 5.41. The van der Waals surface area contributed by atoms with Gasteiger partial charge < -0.3 is 14.9 Å². The van der Waals surface area contributed by atoms with E-state index in [4.69, 9.17) is 0 Å². The number of aliphatic hydroxyl groups excluding tert-OH is 1. The van der Waals surface area contributed by atoms with Crippen LogP contribution in [0.15, 0.2) is 30.3 Å². The summed E-state index contributed by atoms with van der Waals surface area (Å²) in [5, 5.41) is 9.21. The summed E-state index contributed by atoms with van der Waals surface area (Å²) < 4.78 is 0. The molecule has 1 fully saturated rings. The maximum absolute atomic E-state index is 12.5. The number of carbonyl (C=O) groups excluding carboxylic acids is 1. The molecule has 1 aromatic carbocycles. The summed E-state index contributed by atoms with van der Waals surface area (Å²) in [5.41, 5.74) is 0.986. The van der Waals surface area contributed by atoms with Crippen LogP contribution in [0.4, 0.5) is 5.69 Å². The number of anilines is 1. The van der Waals surface area contributed by atoms with Crippen molar-refractivity contribution in [1.29, 1.82) is 0 Å². The van der Waals surface area contributed by atoms with Crippen LogP contribution < -0.4 is 4.90 Å². The van der Waals surface area contributed by atoms with Crippen LogP contribution in [-0.4, -0.2) is 48.2 Å². The van der Waals surface area contributed by atoms with Gasteiger partial charge in [0.05, 0.1) is 13.2 Å². The summed E-state index contributed by atoms with van der Waals surface area (Å²) in [6.45, 7) is 3.86. The molecule has 20 heavy (non-hydrogen) atoms. The second kappa shape index (κ2) is 7.29. The van der Waals surface area contributed by atoms with Crippen LogP contribution in [0.5, 0.6) is 0 Å². The summed E-state index contributed by atoms with van der Waals surface area (Å²) in [4.78, 5) is 16.4. The molecule has 1 unspecified atom stereocenters. The molecule has 1 aromatic rings. The van der Waals surface area contributed by atoms with Crippen LogP contribution in [0.25, 0.3) is 0 Å². The van der Waals surface area contributed by atoms with E-state index in [9.17, 15) is 9.90 Å². The van der Waals surface area contributed by atoms with Gasteiger partial charge in [0.2, 0.25) is 5.91 Å². The first kappa shape index (κ1) is 14.9. The monoisotopic (exact) mass is 276 g/mol. The van der Waals surface area contributed by atoms with Gasteiger partial charge in [-0.25, -0.2) is 0 Å². The Morgan fingerprint density at radius 2 is 2.10 bits per heavy atom. The number of piperidine rings is 1. The Bertz CT molecular complexity index is 422. The molecule has 2 rings (SSSR count). The molecule has 1 atom stereocenters. The SMILES string of the molecule is CC1CCCCN1C(=O)CN(CCO)c1ccccc1. The number of carbonyl (C=O) groups is 1. The smallest absolute Gasteiger partial charge is 0.242 e. The Morgan fingerprint density at radius 1 is 1.35 bits per heavy atom. The Kier molecular flexibility index (Phi) is 5.41. The zero-order valence-electron chi connectivity index (χ0n) is 12.2. The fourth-order valence-electron chi connectivity index (χ4n) is 2.78. The number of likely N-dealkylation sites (tertiary alicyclic amines) is 1. The van der Waals surface area contributed by atoms with E-state index in [0.29, 0.717) is 19.1 Å². The predicted molar refractivity (Wildman–Crippen MR) is 80.8 cm³/mol. The van der Waals surface area contributed by atoms with Crippen LogP contribution in [0, 0.1) is 0 Å². The average molecular weight is 276 g/mol. The van der Waals surface area contributed by atoms with Crippen molar-refractivity contribution < 1.29 is 9.90 Å². The zero-order chi connectivity index (χ0) is 14.4. The zero-order valence-corrected chi connectivity index (χ0v) is 12.2. The molecule has 110 valence electrons. The van der Waals surface area contributed by atoms with Gasteiger partial charge in [-0.1, -0.05) is 18.2 Å². The van der Waals surface area contributed by atoms with Crippen molar-refractivity contribution in [3.05, 3.63) is 30.3 Å². The number of hydrogen-bond donors (Lipinski definition) is 1. The number of aliphatic hydroxyl groups is 1. The topological polar surface area (TPSA) is 43.8 Å². The Morgan fingerprint density at radius 3 is 2.75 bits per heavy atom. The van der Waals surface area contributed by atoms with Crippen molar-refractivity contribution in [2.75, 3.05) is 31.1 Å². The van der Waals surface area contributed by atoms with Gasteiger partial charge in [0.1, 0.15) is 0 Å². The van der Waals surface area contributed by atoms with Crippen LogP contribution in [0.2, 0.25) is 0 Å². The second-order valence-electron chi connectivity index (χ2n) is 5.41. The first-order valence-electron chi connectivity index (χ1n) is 7.42. The summed E-state index contributed by atoms with van der Waals surface area (Å²) in [6.07, 6.45) is 3.41. The lowest BCUT2D eigenvalue weighted by atomic mass is 10.0. The molecule has 1 amide bonds. The van der Waals surface area contributed by atoms with Crippen molar-refractivity contribution in [2.45, 2.75) is 32.2 Å². The van der Waals surface area contributed by atoms with Gasteiger partial charge in [0, 0.05) is 24.8 Å². The minimum atomic E-state index is 0.0533. The molecule has 0 radical (unpaired) electrons. The maximum atomic E-state index is 12.5. The summed E-state index contributed by atoms with van der Waals surface area (Å²) in [6, 6.07) is 10.1. The van der Waals surface area contributed by atoms with E-state index < -0.39 is 0 Å². The molecule has 1 heterocycles. The molecule has 1 aliphatic heterocycles. The number of hydrogen-bond acceptors (Lipinski definition) is 3. The van der Waals surface area contributed by atoms with E-state index in [-0.39, 0.29) is 12.5 Å². The van der Waals surface area contributed by atoms with E-state index in [0.717, 1.165) is 25.1 Å². The van der Waals surface area contributed by atoms with Gasteiger partial charge in [-0.3, -0.25) is 4.79 Å². The quantitative estimate of drug-likeness (QED) is 0.893. The summed E-state index contributed by atoms with van der Waals surface area (Å²) in [5.74, 6) is 0.162. The van der Waals surface area contributed by atoms with Crippen LogP contribution in [0.3, 0.4) is 0 Å². The molecule has 0 spiro atoms. The normalized spacial score (nSPS) is 18.9. The molecule has 4 nitrogen and oxygen atoms in total. The largest absolute Gasteiger partial charge is 0.395 e. The maximum Gasteiger partial charge on any atom is 0.242 e. The van der Waals surface area contributed by atoms with Gasteiger partial charge in [0.25, 0.3) is 0 Å². The first-order valence-corrected chi connectivity index (χ1v) is 7.42. The third kappa shape index (κ3) is 3.73. The van der Waals surface area contributed by atoms with Gasteiger partial charge in [-0.2, -0.15) is 0 Å². The minimum absolute atomic E-state index is 0.0533. The minimum Gasteiger partial charge on any atom is -0.395 e. The fourth-order valence-corrected chi connectivity index (χ4v) is 2.78. The first-order chi connectivity index (χ1) is 9.72. The van der Waals surface area contributed by atoms with Crippen molar-refractivity contribution in [3.63, 3.8) is 0 Å². The predicted octanol–water partition coefficient (Wildman–Crippen LogP) is 1.89. The highest BCUT2D eigenvalue weighted by molar-refractivity contribution is 5.81. The summed E-state index contributed by atoms with van der Waals surface area (Å²) in [7, 11) is 0. The number of benzene rings is 1. The lowest BCUT2D eigenvalue weighted by Crippen LogP contribution is -2.47. The highest BCUT2D eigenvalue weighted by Gasteiger charge is 2.24. The molecule has 0 aromatic heterocycles. The van der Waals surface area contributed by atoms with E-state index in [2.05, 4.69) is 6.92 Å². The van der Waals surface area contributed by atoms with Crippen LogP contribution in [0.1, 0.15) is 26.2 Å². The molecular formula is C16H24N2O2. The van der Waals surface area contributed by atoms with Gasteiger partial charge in [0.15, 0.2) is 0 Å². The fraction of sp³-hybridized carbons (Fsp3) is 0.562. The average Bonchev–Trinajstić information content (AvgIpc) is 2.48. The van der Waals surface area contributed by atoms with Crippen molar-refractivity contribution in [2.24, 2.45) is 0 Å². The van der Waals surface area contributed by atoms with E-state index >= 15 is 0 Å². The Labute approximate surface area is 121 Å². The van der Waals surface area contributed by atoms with Gasteiger partial charge in [-0.05, 0) is 38.3 Å². The lowest BCUT2D eigenvalue weighted by molar-refractivity contribution is -0.132. The van der Waals surface area contributed by atoms with Crippen molar-refractivity contribution in [3.8, 4) is 0 Å². The third-order valence-electron chi connectivity index (χ3n) is 3.94. The molecule has 1 aliphatic rings. The molecule has 4 heteroatoms. The van der Waals surface area contributed by atoms with Crippen molar-refractivity contribution >= 4 is 11.6 Å². The van der Waals surface area contributed by atoms with E-state index in [1.165, 1.54) is 6.42 Å². The van der Waals surface area contributed by atoms with E-state index in [1.807, 2.05) is 40.1 Å². The highest BCUT2D eigenvalue weighted by atomic mass is 16.3. The number of amides is 1. The van der Waals surface area contributed by atoms with Crippen molar-refractivity contribution in [1.82, 2.24) is 4.90 Å². The standard InChI is InChI=1S/C16H24N2O2/c1-14-7-5-6-10-18(14)16(20)13-17(11-12-19)15-8-3-2-4-9-15/h2-4,8-9,14,19H,5-7,10-13H2,1H3. The van der Waals surface area contributed by atoms with Crippen LogP contribution >= 0.6 is 0 Å². The number of nitrogens with zero attached hydrogens (tertiary/aromatic N) is 2. The Balaban J connectivity index is 2.02. The molecule has 1 saturated heterocycles. The molecule has 0 aliphatic carbocycles. The Hall–Kier alpha value is -1.55. The third-order valence-corrected chi connectivity index (χ3v) is 3.94. The highest BCUT2D eigenvalue weighted by Crippen LogP contribution is 2.18. The molecule has 1 N–H and O–H groups in total. The lowest BCUT2D eigenvalue weighted by Gasteiger charge is -2.35. The number of para-hydroxylation sites is 1. The number of rotatable bonds is 5.